The molecule has 0 saturated heterocycles. The molecule has 2 N–H and O–H groups in total. The molecule has 6 heteroatoms. The summed E-state index contributed by atoms with van der Waals surface area (Å²) < 4.78 is 5.60. The topological polar surface area (TPSA) is 75.6 Å². The first kappa shape index (κ1) is 20.2. The van der Waals surface area contributed by atoms with Gasteiger partial charge in [-0.3, -0.25) is 0 Å². The monoisotopic (exact) mass is 401 g/mol. The van der Waals surface area contributed by atoms with Crippen molar-refractivity contribution >= 4 is 23.7 Å². The second kappa shape index (κ2) is 9.60. The zero-order valence-corrected chi connectivity index (χ0v) is 16.3. The molecule has 1 saturated carbocycles. The molecule has 0 aromatic heterocycles. The minimum Gasteiger partial charge on any atom is -0.480 e. The van der Waals surface area contributed by atoms with E-state index in [1.807, 2.05) is 54.6 Å². The molecule has 1 aliphatic rings. The van der Waals surface area contributed by atoms with Crippen molar-refractivity contribution in [3.8, 4) is 0 Å². The lowest BCUT2D eigenvalue weighted by atomic mass is 9.96. The molecule has 1 aliphatic carbocycles. The molecule has 1 fully saturated rings. The first-order chi connectivity index (χ1) is 13.5. The summed E-state index contributed by atoms with van der Waals surface area (Å²) in [5, 5.41) is 12.6. The summed E-state index contributed by atoms with van der Waals surface area (Å²) in [6.07, 6.45) is 2.84. The molecule has 1 amide bonds. The molecular weight excluding hydrogens is 378 g/mol. The summed E-state index contributed by atoms with van der Waals surface area (Å²) in [6.45, 7) is 0. The number of alkyl carbamates (subject to hydrolysis) is 1. The van der Waals surface area contributed by atoms with Crippen molar-refractivity contribution in [2.24, 2.45) is 5.92 Å². The number of amides is 1. The maximum atomic E-state index is 12.3. The average molecular weight is 402 g/mol. The van der Waals surface area contributed by atoms with Crippen molar-refractivity contribution < 1.29 is 19.4 Å². The van der Waals surface area contributed by atoms with E-state index in [4.69, 9.17) is 16.3 Å². The standard InChI is InChI=1S/C22H24ClNO4/c23-18-10-4-8-16(13-18)12-17-9-5-11-20(17)28-22(27)24-19(21(25)26)14-15-6-2-1-3-7-15/h1-4,6-8,10,13,17,19-20H,5,9,11-12,14H2,(H,24,27)(H,25,26). The van der Waals surface area contributed by atoms with E-state index in [1.54, 1.807) is 0 Å². The highest BCUT2D eigenvalue weighted by atomic mass is 35.5. The van der Waals surface area contributed by atoms with Crippen LogP contribution in [0.3, 0.4) is 0 Å². The van der Waals surface area contributed by atoms with Gasteiger partial charge in [0.05, 0.1) is 0 Å². The Morgan fingerprint density at radius 3 is 2.57 bits per heavy atom. The van der Waals surface area contributed by atoms with E-state index in [-0.39, 0.29) is 18.4 Å². The highest BCUT2D eigenvalue weighted by Crippen LogP contribution is 2.31. The Labute approximate surface area is 169 Å². The lowest BCUT2D eigenvalue weighted by Crippen LogP contribution is -2.44. The number of rotatable bonds is 7. The number of carbonyl (C=O) groups is 2. The van der Waals surface area contributed by atoms with Gasteiger partial charge < -0.3 is 15.2 Å². The molecular formula is C22H24ClNO4. The van der Waals surface area contributed by atoms with Crippen LogP contribution >= 0.6 is 11.6 Å². The van der Waals surface area contributed by atoms with Crippen LogP contribution < -0.4 is 5.32 Å². The zero-order valence-electron chi connectivity index (χ0n) is 15.5. The van der Waals surface area contributed by atoms with Crippen LogP contribution in [0.5, 0.6) is 0 Å². The molecule has 0 aliphatic heterocycles. The van der Waals surface area contributed by atoms with Crippen molar-refractivity contribution in [3.63, 3.8) is 0 Å². The zero-order chi connectivity index (χ0) is 19.9. The Morgan fingerprint density at radius 1 is 1.11 bits per heavy atom. The number of carboxylic acids is 1. The fraction of sp³-hybridized carbons (Fsp3) is 0.364. The van der Waals surface area contributed by atoms with Gasteiger partial charge in [-0.05, 0) is 48.9 Å². The lowest BCUT2D eigenvalue weighted by molar-refractivity contribution is -0.139. The van der Waals surface area contributed by atoms with Gasteiger partial charge in [0, 0.05) is 17.4 Å². The van der Waals surface area contributed by atoms with Crippen molar-refractivity contribution in [2.45, 2.75) is 44.2 Å². The van der Waals surface area contributed by atoms with Crippen molar-refractivity contribution in [1.82, 2.24) is 5.32 Å². The van der Waals surface area contributed by atoms with Gasteiger partial charge in [-0.1, -0.05) is 54.1 Å². The van der Waals surface area contributed by atoms with E-state index < -0.39 is 18.1 Å². The molecule has 0 radical (unpaired) electrons. The minimum absolute atomic E-state index is 0.210. The van der Waals surface area contributed by atoms with Crippen LogP contribution in [0.25, 0.3) is 0 Å². The van der Waals surface area contributed by atoms with E-state index >= 15 is 0 Å². The van der Waals surface area contributed by atoms with Crippen LogP contribution in [-0.4, -0.2) is 29.3 Å². The van der Waals surface area contributed by atoms with E-state index in [2.05, 4.69) is 5.32 Å². The van der Waals surface area contributed by atoms with Gasteiger partial charge >= 0.3 is 12.1 Å². The third-order valence-electron chi connectivity index (χ3n) is 5.11. The maximum absolute atomic E-state index is 12.3. The number of halogens is 1. The number of aliphatic carboxylic acids is 1. The van der Waals surface area contributed by atoms with Crippen LogP contribution in [-0.2, 0) is 22.4 Å². The van der Waals surface area contributed by atoms with E-state index in [0.29, 0.717) is 5.02 Å². The summed E-state index contributed by atoms with van der Waals surface area (Å²) in [4.78, 5) is 23.9. The van der Waals surface area contributed by atoms with Gasteiger partial charge in [0.2, 0.25) is 0 Å². The van der Waals surface area contributed by atoms with Crippen LogP contribution in [0.2, 0.25) is 5.02 Å². The second-order valence-electron chi connectivity index (χ2n) is 7.19. The molecule has 3 unspecified atom stereocenters. The molecule has 0 bridgehead atoms. The van der Waals surface area contributed by atoms with E-state index in [0.717, 1.165) is 36.8 Å². The first-order valence-corrected chi connectivity index (χ1v) is 9.87. The number of carboxylic acid groups (broad SMARTS) is 1. The average Bonchev–Trinajstić information content (AvgIpc) is 3.08. The Morgan fingerprint density at radius 2 is 1.86 bits per heavy atom. The van der Waals surface area contributed by atoms with Crippen molar-refractivity contribution in [2.75, 3.05) is 0 Å². The molecule has 148 valence electrons. The maximum Gasteiger partial charge on any atom is 0.408 e. The Kier molecular flexibility index (Phi) is 6.93. The molecule has 2 aromatic rings. The molecule has 28 heavy (non-hydrogen) atoms. The molecule has 0 heterocycles. The molecule has 5 nitrogen and oxygen atoms in total. The summed E-state index contributed by atoms with van der Waals surface area (Å²) in [7, 11) is 0. The third-order valence-corrected chi connectivity index (χ3v) is 5.34. The molecule has 2 aromatic carbocycles. The fourth-order valence-electron chi connectivity index (χ4n) is 3.72. The Balaban J connectivity index is 1.56. The molecule has 3 atom stereocenters. The summed E-state index contributed by atoms with van der Waals surface area (Å²) in [5.74, 6) is -0.871. The van der Waals surface area contributed by atoms with Gasteiger partial charge in [-0.25, -0.2) is 9.59 Å². The van der Waals surface area contributed by atoms with Gasteiger partial charge in [0.15, 0.2) is 0 Å². The van der Waals surface area contributed by atoms with E-state index in [9.17, 15) is 14.7 Å². The predicted octanol–water partition coefficient (Wildman–Crippen LogP) is 4.47. The van der Waals surface area contributed by atoms with Crippen LogP contribution in [0.15, 0.2) is 54.6 Å². The van der Waals surface area contributed by atoms with Gasteiger partial charge in [0.1, 0.15) is 12.1 Å². The Hall–Kier alpha value is -2.53. The van der Waals surface area contributed by atoms with Gasteiger partial charge in [0.25, 0.3) is 0 Å². The SMILES string of the molecule is O=C(NC(Cc1ccccc1)C(=O)O)OC1CCCC1Cc1cccc(Cl)c1. The largest absolute Gasteiger partial charge is 0.480 e. The second-order valence-corrected chi connectivity index (χ2v) is 7.63. The highest BCUT2D eigenvalue weighted by molar-refractivity contribution is 6.30. The number of nitrogens with one attached hydrogen (secondary N) is 1. The minimum atomic E-state index is -1.08. The number of benzene rings is 2. The normalized spacial score (nSPS) is 19.8. The lowest BCUT2D eigenvalue weighted by Gasteiger charge is -2.22. The fourth-order valence-corrected chi connectivity index (χ4v) is 3.93. The molecule has 3 rings (SSSR count). The highest BCUT2D eigenvalue weighted by Gasteiger charge is 2.31. The van der Waals surface area contributed by atoms with Crippen LogP contribution in [0.1, 0.15) is 30.4 Å². The quantitative estimate of drug-likeness (QED) is 0.717. The van der Waals surface area contributed by atoms with Gasteiger partial charge in [-0.2, -0.15) is 0 Å². The van der Waals surface area contributed by atoms with E-state index in [1.165, 1.54) is 0 Å². The summed E-state index contributed by atoms with van der Waals surface area (Å²) >= 11 is 6.05. The number of hydrogen-bond acceptors (Lipinski definition) is 3. The van der Waals surface area contributed by atoms with Crippen LogP contribution in [0, 0.1) is 5.92 Å². The number of ether oxygens (including phenoxy) is 1. The molecule has 0 spiro atoms. The number of hydrogen-bond donors (Lipinski definition) is 2. The smallest absolute Gasteiger partial charge is 0.408 e. The third kappa shape index (κ3) is 5.73. The summed E-state index contributed by atoms with van der Waals surface area (Å²) in [5.41, 5.74) is 1.95. The number of carbonyl (C=O) groups excluding carboxylic acids is 1. The first-order valence-electron chi connectivity index (χ1n) is 9.49. The van der Waals surface area contributed by atoms with Gasteiger partial charge in [-0.15, -0.1) is 0 Å². The van der Waals surface area contributed by atoms with Crippen LogP contribution in [0.4, 0.5) is 4.79 Å². The van der Waals surface area contributed by atoms with Crippen molar-refractivity contribution in [3.05, 3.63) is 70.7 Å². The summed E-state index contributed by atoms with van der Waals surface area (Å²) in [6, 6.07) is 15.9. The predicted molar refractivity (Wildman–Crippen MR) is 107 cm³/mol. The van der Waals surface area contributed by atoms with Crippen molar-refractivity contribution in [1.29, 1.82) is 0 Å². The Bertz CT molecular complexity index is 811.